The van der Waals surface area contributed by atoms with Crippen LogP contribution in [0.5, 0.6) is 0 Å². The molecule has 0 radical (unpaired) electrons. The molecule has 0 aliphatic carbocycles. The number of methoxy groups -OCH3 is 1. The van der Waals surface area contributed by atoms with E-state index in [-0.39, 0.29) is 4.64 Å². The number of aryl methyl sites for hydroxylation is 1. The van der Waals surface area contributed by atoms with Gasteiger partial charge in [0.25, 0.3) is 0 Å². The first-order valence-electron chi connectivity index (χ1n) is 5.86. The van der Waals surface area contributed by atoms with Gasteiger partial charge in [-0.1, -0.05) is 19.1 Å². The zero-order chi connectivity index (χ0) is 13.5. The van der Waals surface area contributed by atoms with Gasteiger partial charge in [-0.3, -0.25) is 0 Å². The van der Waals surface area contributed by atoms with Gasteiger partial charge in [0, 0.05) is 18.7 Å². The first kappa shape index (κ1) is 14.8. The van der Waals surface area contributed by atoms with E-state index in [1.54, 1.807) is 6.92 Å². The molecule has 6 heteroatoms. The summed E-state index contributed by atoms with van der Waals surface area (Å²) in [4.78, 5) is 18.7. The van der Waals surface area contributed by atoms with E-state index in [1.807, 2.05) is 0 Å². The number of nitrogens with zero attached hydrogens (tertiary/aromatic N) is 1. The highest BCUT2D eigenvalue weighted by molar-refractivity contribution is 7.71. The van der Waals surface area contributed by atoms with E-state index in [0.717, 1.165) is 18.9 Å². The molecule has 1 rings (SSSR count). The molecular formula is C12H18N2O3S. The van der Waals surface area contributed by atoms with Crippen molar-refractivity contribution in [3.8, 4) is 0 Å². The Bertz CT molecular complexity index is 471. The van der Waals surface area contributed by atoms with Gasteiger partial charge in [-0.2, -0.15) is 0 Å². The van der Waals surface area contributed by atoms with Gasteiger partial charge in [0.1, 0.15) is 16.0 Å². The molecule has 1 aromatic heterocycles. The fourth-order valence-corrected chi connectivity index (χ4v) is 1.87. The number of esters is 1. The van der Waals surface area contributed by atoms with Crippen molar-refractivity contribution in [2.75, 3.05) is 20.3 Å². The minimum Gasteiger partial charge on any atom is -0.465 e. The van der Waals surface area contributed by atoms with E-state index >= 15 is 0 Å². The van der Waals surface area contributed by atoms with Gasteiger partial charge in [0.2, 0.25) is 0 Å². The van der Waals surface area contributed by atoms with Gasteiger partial charge in [0.15, 0.2) is 0 Å². The normalized spacial score (nSPS) is 10.4. The maximum atomic E-state index is 11.5. The summed E-state index contributed by atoms with van der Waals surface area (Å²) in [6, 6.07) is 0. The molecule has 0 spiro atoms. The second-order valence-corrected chi connectivity index (χ2v) is 4.23. The number of hydrogen-bond donors (Lipinski definition) is 1. The van der Waals surface area contributed by atoms with Gasteiger partial charge in [-0.05, 0) is 13.3 Å². The zero-order valence-electron chi connectivity index (χ0n) is 10.9. The predicted octanol–water partition coefficient (Wildman–Crippen LogP) is 2.20. The van der Waals surface area contributed by atoms with Crippen LogP contribution in [0.2, 0.25) is 0 Å². The maximum Gasteiger partial charge on any atom is 0.342 e. The van der Waals surface area contributed by atoms with Crippen LogP contribution in [0.15, 0.2) is 0 Å². The molecule has 0 aliphatic rings. The number of carbonyl (C=O) groups excluding carboxylic acids is 1. The largest absolute Gasteiger partial charge is 0.465 e. The third-order valence-electron chi connectivity index (χ3n) is 2.38. The van der Waals surface area contributed by atoms with Crippen molar-refractivity contribution < 1.29 is 14.3 Å². The Morgan fingerprint density at radius 2 is 2.17 bits per heavy atom. The fourth-order valence-electron chi connectivity index (χ4n) is 1.52. The molecule has 1 heterocycles. The van der Waals surface area contributed by atoms with E-state index in [0.29, 0.717) is 24.3 Å². The Kier molecular flexibility index (Phi) is 5.94. The number of carbonyl (C=O) groups is 1. The lowest BCUT2D eigenvalue weighted by atomic mass is 10.2. The lowest BCUT2D eigenvalue weighted by molar-refractivity contribution is 0.0598. The molecule has 0 atom stereocenters. The smallest absolute Gasteiger partial charge is 0.342 e. The molecule has 0 saturated carbocycles. The Hall–Kier alpha value is -1.27. The van der Waals surface area contributed by atoms with Gasteiger partial charge < -0.3 is 14.5 Å². The second-order valence-electron chi connectivity index (χ2n) is 3.84. The van der Waals surface area contributed by atoms with Crippen LogP contribution in [0.25, 0.3) is 0 Å². The standard InChI is InChI=1S/C12H18N2O3S/c1-4-6-17-7-5-9-13-8(2)10(11(18)14-9)12(15)16-3/h4-7H2,1-3H3,(H,13,14,18). The number of nitrogens with one attached hydrogen (secondary N) is 1. The molecule has 100 valence electrons. The highest BCUT2D eigenvalue weighted by atomic mass is 32.1. The van der Waals surface area contributed by atoms with Crippen molar-refractivity contribution in [3.63, 3.8) is 0 Å². The molecule has 0 bridgehead atoms. The number of hydrogen-bond acceptors (Lipinski definition) is 5. The Balaban J connectivity index is 2.80. The van der Waals surface area contributed by atoms with E-state index in [2.05, 4.69) is 21.6 Å². The van der Waals surface area contributed by atoms with E-state index in [9.17, 15) is 4.79 Å². The summed E-state index contributed by atoms with van der Waals surface area (Å²) in [5, 5.41) is 0. The van der Waals surface area contributed by atoms with Gasteiger partial charge in [-0.25, -0.2) is 9.78 Å². The summed E-state index contributed by atoms with van der Waals surface area (Å²) in [6.45, 7) is 5.16. The van der Waals surface area contributed by atoms with Crippen LogP contribution in [0.1, 0.15) is 35.2 Å². The highest BCUT2D eigenvalue weighted by Gasteiger charge is 2.13. The molecule has 5 nitrogen and oxygen atoms in total. The summed E-state index contributed by atoms with van der Waals surface area (Å²) in [5.74, 6) is 0.260. The number of rotatable bonds is 6. The number of aromatic amines is 1. The summed E-state index contributed by atoms with van der Waals surface area (Å²) >= 11 is 5.10. The molecule has 1 N–H and O–H groups in total. The van der Waals surface area contributed by atoms with Gasteiger partial charge in [0.05, 0.1) is 13.7 Å². The number of H-pyrrole nitrogens is 1. The highest BCUT2D eigenvalue weighted by Crippen LogP contribution is 2.09. The molecule has 0 fully saturated rings. The monoisotopic (exact) mass is 270 g/mol. The topological polar surface area (TPSA) is 64.2 Å². The zero-order valence-corrected chi connectivity index (χ0v) is 11.7. The van der Waals surface area contributed by atoms with Gasteiger partial charge in [-0.15, -0.1) is 0 Å². The van der Waals surface area contributed by atoms with Crippen LogP contribution >= 0.6 is 12.2 Å². The molecule has 0 aromatic carbocycles. The molecule has 0 aliphatic heterocycles. The van der Waals surface area contributed by atoms with Crippen molar-refractivity contribution in [2.24, 2.45) is 0 Å². The lowest BCUT2D eigenvalue weighted by Crippen LogP contribution is -2.11. The molecule has 0 saturated heterocycles. The predicted molar refractivity (Wildman–Crippen MR) is 70.3 cm³/mol. The average Bonchev–Trinajstić information content (AvgIpc) is 2.33. The van der Waals surface area contributed by atoms with Crippen molar-refractivity contribution >= 4 is 18.2 Å². The van der Waals surface area contributed by atoms with Crippen LogP contribution in [-0.4, -0.2) is 36.3 Å². The van der Waals surface area contributed by atoms with E-state index in [1.165, 1.54) is 7.11 Å². The van der Waals surface area contributed by atoms with Crippen molar-refractivity contribution in [2.45, 2.75) is 26.7 Å². The molecule has 0 unspecified atom stereocenters. The average molecular weight is 270 g/mol. The third kappa shape index (κ3) is 3.89. The molecular weight excluding hydrogens is 252 g/mol. The van der Waals surface area contributed by atoms with Crippen LogP contribution in [0.3, 0.4) is 0 Å². The Morgan fingerprint density at radius 1 is 1.44 bits per heavy atom. The van der Waals surface area contributed by atoms with Crippen LogP contribution in [-0.2, 0) is 15.9 Å². The van der Waals surface area contributed by atoms with Crippen molar-refractivity contribution in [3.05, 3.63) is 21.7 Å². The first-order valence-corrected chi connectivity index (χ1v) is 6.26. The lowest BCUT2D eigenvalue weighted by Gasteiger charge is -2.07. The third-order valence-corrected chi connectivity index (χ3v) is 2.67. The van der Waals surface area contributed by atoms with Crippen molar-refractivity contribution in [1.82, 2.24) is 9.97 Å². The quantitative estimate of drug-likeness (QED) is 0.488. The minimum absolute atomic E-state index is 0.267. The van der Waals surface area contributed by atoms with Crippen LogP contribution in [0.4, 0.5) is 0 Å². The first-order chi connectivity index (χ1) is 8.60. The van der Waals surface area contributed by atoms with Gasteiger partial charge >= 0.3 is 5.97 Å². The van der Waals surface area contributed by atoms with E-state index in [4.69, 9.17) is 17.0 Å². The van der Waals surface area contributed by atoms with Crippen LogP contribution < -0.4 is 0 Å². The molecule has 0 amide bonds. The number of aromatic nitrogens is 2. The minimum atomic E-state index is -0.463. The molecule has 18 heavy (non-hydrogen) atoms. The maximum absolute atomic E-state index is 11.5. The van der Waals surface area contributed by atoms with Crippen molar-refractivity contribution in [1.29, 1.82) is 0 Å². The fraction of sp³-hybridized carbons (Fsp3) is 0.583. The summed E-state index contributed by atoms with van der Waals surface area (Å²) in [5.41, 5.74) is 0.998. The number of ether oxygens (including phenoxy) is 2. The van der Waals surface area contributed by atoms with Crippen LogP contribution in [0, 0.1) is 11.6 Å². The summed E-state index contributed by atoms with van der Waals surface area (Å²) in [7, 11) is 1.32. The second kappa shape index (κ2) is 7.23. The SMILES string of the molecule is CCCOCCc1nc(=S)c(C(=O)OC)c(C)[nH]1. The molecule has 1 aromatic rings. The summed E-state index contributed by atoms with van der Waals surface area (Å²) < 4.78 is 10.3. The summed E-state index contributed by atoms with van der Waals surface area (Å²) in [6.07, 6.45) is 1.63. The Labute approximate surface area is 112 Å². The Morgan fingerprint density at radius 3 is 2.72 bits per heavy atom. The van der Waals surface area contributed by atoms with E-state index < -0.39 is 5.97 Å².